The van der Waals surface area contributed by atoms with Gasteiger partial charge in [-0.2, -0.15) is 0 Å². The van der Waals surface area contributed by atoms with Crippen LogP contribution >= 0.6 is 25.8 Å². The molecule has 0 bridgehead atoms. The second kappa shape index (κ2) is 71.8. The van der Waals surface area contributed by atoms with Crippen molar-refractivity contribution in [3.63, 3.8) is 0 Å². The van der Waals surface area contributed by atoms with Gasteiger partial charge in [0.25, 0.3) is 0 Å². The van der Waals surface area contributed by atoms with Crippen LogP contribution in [0.3, 0.4) is 0 Å². The summed E-state index contributed by atoms with van der Waals surface area (Å²) in [7, 11) is -5.23. The first-order chi connectivity index (χ1) is 53.3. The fourth-order valence-electron chi connectivity index (χ4n) is 16.7. The molecule has 4 aliphatic heterocycles. The predicted octanol–water partition coefficient (Wildman–Crippen LogP) is 30.6. The molecular formula is C92H181O13P3. The molecule has 0 aromatic carbocycles. The van der Waals surface area contributed by atoms with Gasteiger partial charge in [-0.15, -0.1) is 0 Å². The number of rotatable bonds is 83. The summed E-state index contributed by atoms with van der Waals surface area (Å²) in [5.41, 5.74) is 0. The van der Waals surface area contributed by atoms with Gasteiger partial charge < -0.3 is 59.7 Å². The molecule has 16 heteroatoms. The molecule has 4 fully saturated rings. The standard InChI is InChI=1S/C92H181O13P3/c1-11-21-31-41-46-56-66-80(61-51-36-26-16-6)71-97-106(98-72-81(62-52-37-27-17-7)67-57-47-42-32-22-12-2)102-85-76-93-91-87(78-95-89(85)91)104-108(101-75-84(65-55-40-30-20-10)70-60-50-45-35-25-15-5)105-88-79-96-90-86(77-94-92(88)90)103-107(99-73-82(63-53-38-28-18-8)68-58-48-43-33-23-13-3)100-74-83(64-54-39-29-19-9)69-59-49-44-34-24-14-4/h80-92H,11-79H2,1-10H3. The van der Waals surface area contributed by atoms with Crippen molar-refractivity contribution >= 4 is 25.8 Å². The van der Waals surface area contributed by atoms with E-state index in [2.05, 4.69) is 69.2 Å². The van der Waals surface area contributed by atoms with Crippen molar-refractivity contribution in [1.82, 2.24) is 0 Å². The molecule has 0 N–H and O–H groups in total. The van der Waals surface area contributed by atoms with Crippen LogP contribution in [0.2, 0.25) is 0 Å². The van der Waals surface area contributed by atoms with Crippen LogP contribution in [-0.2, 0) is 59.7 Å². The van der Waals surface area contributed by atoms with Crippen LogP contribution in [0, 0.1) is 29.6 Å². The molecule has 0 amide bonds. The van der Waals surface area contributed by atoms with Crippen LogP contribution in [0.5, 0.6) is 0 Å². The highest BCUT2D eigenvalue weighted by Gasteiger charge is 2.54. The van der Waals surface area contributed by atoms with Gasteiger partial charge in [-0.3, -0.25) is 0 Å². The first-order valence-corrected chi connectivity index (χ1v) is 51.2. The number of ether oxygens (including phenoxy) is 4. The zero-order chi connectivity index (χ0) is 77.2. The molecule has 0 aromatic rings. The molecule has 13 nitrogen and oxygen atoms in total. The quantitative estimate of drug-likeness (QED) is 0.0425. The van der Waals surface area contributed by atoms with Crippen molar-refractivity contribution in [2.75, 3.05) is 59.5 Å². The van der Waals surface area contributed by atoms with Gasteiger partial charge >= 0.3 is 25.8 Å². The summed E-state index contributed by atoms with van der Waals surface area (Å²) in [5.74, 6) is 2.36. The van der Waals surface area contributed by atoms with E-state index in [1.165, 1.54) is 372 Å². The summed E-state index contributed by atoms with van der Waals surface area (Å²) in [5, 5.41) is 0. The van der Waals surface area contributed by atoms with Crippen LogP contribution in [0.15, 0.2) is 0 Å². The lowest BCUT2D eigenvalue weighted by Gasteiger charge is -2.27. The smallest absolute Gasteiger partial charge is 0.333 e. The second-order valence-corrected chi connectivity index (χ2v) is 37.8. The van der Waals surface area contributed by atoms with E-state index < -0.39 is 38.0 Å². The minimum absolute atomic E-state index is 0.336. The fraction of sp³-hybridized carbons (Fsp3) is 1.00. The summed E-state index contributed by atoms with van der Waals surface area (Å²) >= 11 is 0. The Morgan fingerprint density at radius 1 is 0.194 bits per heavy atom. The van der Waals surface area contributed by atoms with Crippen molar-refractivity contribution < 1.29 is 59.7 Å². The van der Waals surface area contributed by atoms with Crippen molar-refractivity contribution in [3.05, 3.63) is 0 Å². The third-order valence-corrected chi connectivity index (χ3v) is 27.6. The van der Waals surface area contributed by atoms with E-state index in [1.54, 1.807) is 0 Å². The highest BCUT2D eigenvalue weighted by atomic mass is 31.2. The molecule has 0 aromatic heterocycles. The van der Waals surface area contributed by atoms with Gasteiger partial charge in [-0.1, -0.05) is 390 Å². The maximum atomic E-state index is 7.22. The van der Waals surface area contributed by atoms with E-state index in [4.69, 9.17) is 59.7 Å². The van der Waals surface area contributed by atoms with Crippen molar-refractivity contribution in [2.24, 2.45) is 29.6 Å². The third-order valence-electron chi connectivity index (χ3n) is 24.0. The first kappa shape index (κ1) is 101. The largest absolute Gasteiger partial charge is 0.370 e. The van der Waals surface area contributed by atoms with E-state index in [-0.39, 0.29) is 36.6 Å². The van der Waals surface area contributed by atoms with Crippen LogP contribution in [0.25, 0.3) is 0 Å². The Morgan fingerprint density at radius 3 is 0.509 bits per heavy atom. The van der Waals surface area contributed by atoms with Crippen molar-refractivity contribution in [2.45, 2.75) is 503 Å². The maximum absolute atomic E-state index is 7.22. The highest BCUT2D eigenvalue weighted by molar-refractivity contribution is 7.42. The Bertz CT molecular complexity index is 1720. The summed E-state index contributed by atoms with van der Waals surface area (Å²) < 4.78 is 91.3. The second-order valence-electron chi connectivity index (χ2n) is 34.3. The Balaban J connectivity index is 1.60. The Labute approximate surface area is 674 Å². The molecular weight excluding hydrogens is 1410 g/mol. The van der Waals surface area contributed by atoms with Gasteiger partial charge in [0.15, 0.2) is 0 Å². The Morgan fingerprint density at radius 2 is 0.333 bits per heavy atom. The number of fused-ring (bicyclic) bond motifs is 2. The maximum Gasteiger partial charge on any atom is 0.333 e. The minimum atomic E-state index is -1.89. The van der Waals surface area contributed by atoms with Crippen molar-refractivity contribution in [3.8, 4) is 0 Å². The number of hydrogen-bond donors (Lipinski definition) is 0. The lowest BCUT2D eigenvalue weighted by atomic mass is 9.95. The van der Waals surface area contributed by atoms with Crippen LogP contribution in [0.1, 0.15) is 454 Å². The van der Waals surface area contributed by atoms with E-state index in [1.807, 2.05) is 0 Å². The molecule has 0 aliphatic carbocycles. The molecule has 4 rings (SSSR count). The number of hydrogen-bond acceptors (Lipinski definition) is 13. The van der Waals surface area contributed by atoms with E-state index in [9.17, 15) is 0 Å². The Hall–Kier alpha value is 0.770. The number of unbranched alkanes of at least 4 members (excludes halogenated alkanes) is 40. The molecule has 0 radical (unpaired) electrons. The Kier molecular flexibility index (Phi) is 67.3. The third kappa shape index (κ3) is 49.2. The predicted molar refractivity (Wildman–Crippen MR) is 460 cm³/mol. The SMILES string of the molecule is CCCCCCCCC(CCCCCC)COP(OCC(CCCCCC)CCCCCCCC)OC1COC2C(OP(OCC(CCCCCC)CCCCCCCC)OC3COC4C(OP(OCC(CCCCCC)CCCCCCCC)OCC(CCCCCC)CCCCCCCC)COC34)COC12. The van der Waals surface area contributed by atoms with Crippen LogP contribution in [-0.4, -0.2) is 108 Å². The minimum Gasteiger partial charge on any atom is -0.370 e. The van der Waals surface area contributed by atoms with Crippen LogP contribution < -0.4 is 0 Å². The van der Waals surface area contributed by atoms with Gasteiger partial charge in [-0.25, -0.2) is 0 Å². The summed E-state index contributed by atoms with van der Waals surface area (Å²) in [6.45, 7) is 27.9. The van der Waals surface area contributed by atoms with Gasteiger partial charge in [0, 0.05) is 0 Å². The molecule has 0 saturated carbocycles. The average molecular weight is 1590 g/mol. The first-order valence-electron chi connectivity index (χ1n) is 48.0. The fourth-order valence-corrected chi connectivity index (χ4v) is 20.5. The molecule has 4 aliphatic rings. The van der Waals surface area contributed by atoms with Gasteiger partial charge in [0.2, 0.25) is 0 Å². The molecule has 13 unspecified atom stereocenters. The normalized spacial score (nSPS) is 22.3. The summed E-state index contributed by atoms with van der Waals surface area (Å²) in [4.78, 5) is 0. The van der Waals surface area contributed by atoms with E-state index >= 15 is 0 Å². The molecule has 108 heavy (non-hydrogen) atoms. The lowest BCUT2D eigenvalue weighted by Crippen LogP contribution is -2.35. The lowest BCUT2D eigenvalue weighted by molar-refractivity contribution is -0.0201. The van der Waals surface area contributed by atoms with E-state index in [0.717, 1.165) is 12.8 Å². The monoisotopic (exact) mass is 1590 g/mol. The van der Waals surface area contributed by atoms with E-state index in [0.29, 0.717) is 89.1 Å². The molecule has 13 atom stereocenters. The topological polar surface area (TPSA) is 120 Å². The summed E-state index contributed by atoms with van der Waals surface area (Å²) in [6.07, 6.45) is 73.3. The molecule has 4 heterocycles. The summed E-state index contributed by atoms with van der Waals surface area (Å²) in [6, 6.07) is 0. The zero-order valence-corrected chi connectivity index (χ0v) is 75.6. The van der Waals surface area contributed by atoms with Gasteiger partial charge in [-0.05, 0) is 93.8 Å². The molecule has 642 valence electrons. The zero-order valence-electron chi connectivity index (χ0n) is 72.9. The van der Waals surface area contributed by atoms with Gasteiger partial charge in [0.1, 0.15) is 48.8 Å². The average Bonchev–Trinajstić information content (AvgIpc) is 1.65. The van der Waals surface area contributed by atoms with Gasteiger partial charge in [0.05, 0.1) is 59.5 Å². The highest BCUT2D eigenvalue weighted by Crippen LogP contribution is 2.53. The molecule has 0 spiro atoms. The molecule has 4 saturated heterocycles. The van der Waals surface area contributed by atoms with Crippen LogP contribution in [0.4, 0.5) is 0 Å². The van der Waals surface area contributed by atoms with Crippen molar-refractivity contribution in [1.29, 1.82) is 0 Å².